The average molecular weight is 691 g/mol. The largest absolute Gasteiger partial charge is 0.467 e. The van der Waals surface area contributed by atoms with Gasteiger partial charge >= 0.3 is 12.1 Å². The monoisotopic (exact) mass is 690 g/mol. The fourth-order valence-electron chi connectivity index (χ4n) is 6.31. The smallest absolute Gasteiger partial charge is 0.408 e. The Morgan fingerprint density at radius 2 is 0.961 bits per heavy atom. The van der Waals surface area contributed by atoms with Crippen molar-refractivity contribution < 1.29 is 28.7 Å². The van der Waals surface area contributed by atoms with Gasteiger partial charge in [0.05, 0.1) is 7.11 Å². The second-order valence-electron chi connectivity index (χ2n) is 13.5. The van der Waals surface area contributed by atoms with E-state index in [9.17, 15) is 19.2 Å². The summed E-state index contributed by atoms with van der Waals surface area (Å²) in [5.41, 5.74) is 4.23. The number of para-hydroxylation sites is 3. The summed E-state index contributed by atoms with van der Waals surface area (Å²) in [6.45, 7) is 5.20. The molecule has 0 bridgehead atoms. The molecule has 0 unspecified atom stereocenters. The van der Waals surface area contributed by atoms with E-state index in [1.165, 1.54) is 7.11 Å². The fourth-order valence-corrected chi connectivity index (χ4v) is 6.31. The summed E-state index contributed by atoms with van der Waals surface area (Å²) < 4.78 is 10.6. The molecular weight excluding hydrogens is 648 g/mol. The van der Waals surface area contributed by atoms with E-state index in [1.54, 1.807) is 39.4 Å². The van der Waals surface area contributed by atoms with Gasteiger partial charge in [-0.15, -0.1) is 0 Å². The molecule has 3 aromatic carbocycles. The van der Waals surface area contributed by atoms with Crippen LogP contribution in [0.4, 0.5) is 4.79 Å². The number of rotatable bonds is 12. The van der Waals surface area contributed by atoms with E-state index in [-0.39, 0.29) is 19.3 Å². The minimum Gasteiger partial charge on any atom is -0.467 e. The zero-order valence-electron chi connectivity index (χ0n) is 29.0. The van der Waals surface area contributed by atoms with Crippen molar-refractivity contribution in [2.24, 2.45) is 0 Å². The number of benzene rings is 3. The highest BCUT2D eigenvalue weighted by molar-refractivity contribution is 5.95. The molecule has 0 spiro atoms. The minimum absolute atomic E-state index is 0.0921. The van der Waals surface area contributed by atoms with Crippen LogP contribution in [0.3, 0.4) is 0 Å². The normalized spacial score (nSPS) is 13.4. The molecule has 6 N–H and O–H groups in total. The number of H-pyrrole nitrogens is 3. The second kappa shape index (κ2) is 14.8. The van der Waals surface area contributed by atoms with Crippen LogP contribution >= 0.6 is 0 Å². The van der Waals surface area contributed by atoms with E-state index in [4.69, 9.17) is 9.47 Å². The number of carbonyl (C=O) groups is 4. The van der Waals surface area contributed by atoms with Gasteiger partial charge in [-0.3, -0.25) is 9.59 Å². The molecule has 12 heteroatoms. The number of fused-ring (bicyclic) bond motifs is 3. The Hall–Kier alpha value is -6.04. The van der Waals surface area contributed by atoms with Crippen molar-refractivity contribution in [2.75, 3.05) is 7.11 Å². The second-order valence-corrected chi connectivity index (χ2v) is 13.5. The quantitative estimate of drug-likeness (QED) is 0.0966. The van der Waals surface area contributed by atoms with Crippen molar-refractivity contribution in [3.05, 3.63) is 108 Å². The molecule has 6 aromatic rings. The van der Waals surface area contributed by atoms with E-state index in [2.05, 4.69) is 30.9 Å². The molecule has 3 heterocycles. The average Bonchev–Trinajstić information content (AvgIpc) is 3.83. The van der Waals surface area contributed by atoms with Crippen LogP contribution in [0.5, 0.6) is 0 Å². The summed E-state index contributed by atoms with van der Waals surface area (Å²) in [6.07, 6.45) is 4.98. The Balaban J connectivity index is 1.30. The third kappa shape index (κ3) is 8.23. The van der Waals surface area contributed by atoms with Gasteiger partial charge in [0.1, 0.15) is 23.7 Å². The molecule has 264 valence electrons. The molecule has 3 atom stereocenters. The molecule has 3 aromatic heterocycles. The first-order chi connectivity index (χ1) is 24.5. The van der Waals surface area contributed by atoms with Gasteiger partial charge in [-0.1, -0.05) is 54.6 Å². The lowest BCUT2D eigenvalue weighted by atomic mass is 10.0. The van der Waals surface area contributed by atoms with Crippen molar-refractivity contribution in [1.82, 2.24) is 30.9 Å². The number of nitrogens with one attached hydrogen (secondary N) is 6. The number of hydrogen-bond donors (Lipinski definition) is 6. The van der Waals surface area contributed by atoms with Crippen molar-refractivity contribution >= 4 is 56.6 Å². The third-order valence-electron chi connectivity index (χ3n) is 8.74. The molecule has 0 saturated carbocycles. The number of alkyl carbamates (subject to hydrolysis) is 1. The Labute approximate surface area is 294 Å². The first-order valence-electron chi connectivity index (χ1n) is 16.8. The predicted octanol–water partition coefficient (Wildman–Crippen LogP) is 5.19. The molecule has 0 aliphatic heterocycles. The summed E-state index contributed by atoms with van der Waals surface area (Å²) in [7, 11) is 1.26. The lowest BCUT2D eigenvalue weighted by molar-refractivity contribution is -0.145. The van der Waals surface area contributed by atoms with E-state index in [0.717, 1.165) is 49.4 Å². The summed E-state index contributed by atoms with van der Waals surface area (Å²) in [4.78, 5) is 64.2. The number of hydrogen-bond acceptors (Lipinski definition) is 6. The highest BCUT2D eigenvalue weighted by atomic mass is 16.6. The van der Waals surface area contributed by atoms with E-state index in [1.807, 2.05) is 72.8 Å². The Bertz CT molecular complexity index is 2190. The maximum absolute atomic E-state index is 14.2. The molecule has 0 fully saturated rings. The van der Waals surface area contributed by atoms with E-state index >= 15 is 0 Å². The molecule has 3 amide bonds. The van der Waals surface area contributed by atoms with Crippen molar-refractivity contribution in [1.29, 1.82) is 0 Å². The van der Waals surface area contributed by atoms with Crippen molar-refractivity contribution in [3.8, 4) is 0 Å². The van der Waals surface area contributed by atoms with Crippen LogP contribution in [-0.2, 0) is 43.1 Å². The van der Waals surface area contributed by atoms with Gasteiger partial charge in [0.25, 0.3) is 0 Å². The molecule has 6 rings (SSSR count). The fraction of sp³-hybridized carbons (Fsp3) is 0.282. The summed E-state index contributed by atoms with van der Waals surface area (Å²) >= 11 is 0. The highest BCUT2D eigenvalue weighted by Gasteiger charge is 2.32. The van der Waals surface area contributed by atoms with Gasteiger partial charge in [0.2, 0.25) is 11.8 Å². The minimum atomic E-state index is -1.14. The number of aromatic amines is 3. The molecule has 0 saturated heterocycles. The van der Waals surface area contributed by atoms with Gasteiger partial charge in [-0.05, 0) is 55.7 Å². The molecule has 0 radical (unpaired) electrons. The molecule has 0 aliphatic carbocycles. The predicted molar refractivity (Wildman–Crippen MR) is 195 cm³/mol. The van der Waals surface area contributed by atoms with E-state index < -0.39 is 47.6 Å². The highest BCUT2D eigenvalue weighted by Crippen LogP contribution is 2.23. The first-order valence-corrected chi connectivity index (χ1v) is 16.8. The lowest BCUT2D eigenvalue weighted by Crippen LogP contribution is -2.57. The SMILES string of the molecule is COC(=O)[C@H](Cc1c[nH]c2ccccc12)NC(=O)[C@@H](Cc1c[nH]c2ccccc12)NC(=O)[C@@H](Cc1c[nH]c2ccccc12)NC(=O)OC(C)(C)C. The Morgan fingerprint density at radius 1 is 0.588 bits per heavy atom. The van der Waals surface area contributed by atoms with Crippen LogP contribution in [0, 0.1) is 0 Å². The van der Waals surface area contributed by atoms with Gasteiger partial charge in [-0.25, -0.2) is 9.59 Å². The summed E-state index contributed by atoms with van der Waals surface area (Å²) in [5, 5.41) is 11.2. The summed E-state index contributed by atoms with van der Waals surface area (Å²) in [6, 6.07) is 19.6. The number of amides is 3. The number of esters is 1. The van der Waals surface area contributed by atoms with Gasteiger partial charge in [-0.2, -0.15) is 0 Å². The van der Waals surface area contributed by atoms with Crippen LogP contribution in [0.25, 0.3) is 32.7 Å². The van der Waals surface area contributed by atoms with Crippen LogP contribution in [0.15, 0.2) is 91.4 Å². The molecular formula is C39H42N6O6. The van der Waals surface area contributed by atoms with Crippen molar-refractivity contribution in [3.63, 3.8) is 0 Å². The maximum atomic E-state index is 14.2. The maximum Gasteiger partial charge on any atom is 0.408 e. The number of carbonyl (C=O) groups excluding carboxylic acids is 4. The zero-order valence-corrected chi connectivity index (χ0v) is 29.0. The lowest BCUT2D eigenvalue weighted by Gasteiger charge is -2.26. The van der Waals surface area contributed by atoms with Crippen molar-refractivity contribution in [2.45, 2.75) is 63.8 Å². The van der Waals surface area contributed by atoms with Crippen LogP contribution in [0.2, 0.25) is 0 Å². The Kier molecular flexibility index (Phi) is 10.1. The topological polar surface area (TPSA) is 170 Å². The third-order valence-corrected chi connectivity index (χ3v) is 8.74. The number of methoxy groups -OCH3 is 1. The van der Waals surface area contributed by atoms with E-state index in [0.29, 0.717) is 0 Å². The van der Waals surface area contributed by atoms with Gasteiger partial charge in [0.15, 0.2) is 0 Å². The standard InChI is InChI=1S/C39H42N6O6/c1-39(2,3)51-38(49)45-33(18-24-21-41-30-15-9-6-12-27(24)30)36(47)43-32(17-23-20-40-29-14-8-5-11-26(23)29)35(46)44-34(37(48)50-4)19-25-22-42-31-16-10-7-13-28(25)31/h5-16,20-22,32-34,40-42H,17-19H2,1-4H3,(H,43,47)(H,44,46)(H,45,49)/t32-,33-,34+/m1/s1. The van der Waals surface area contributed by atoms with Gasteiger partial charge < -0.3 is 40.4 Å². The Morgan fingerprint density at radius 3 is 1.37 bits per heavy atom. The zero-order chi connectivity index (χ0) is 36.1. The summed E-state index contributed by atoms with van der Waals surface area (Å²) in [5.74, 6) is -1.82. The molecule has 51 heavy (non-hydrogen) atoms. The van der Waals surface area contributed by atoms with Crippen LogP contribution in [-0.4, -0.2) is 69.7 Å². The van der Waals surface area contributed by atoms with Crippen LogP contribution in [0.1, 0.15) is 37.5 Å². The molecule has 12 nitrogen and oxygen atoms in total. The van der Waals surface area contributed by atoms with Gasteiger partial charge in [0, 0.05) is 70.6 Å². The van der Waals surface area contributed by atoms with Crippen LogP contribution < -0.4 is 16.0 Å². The first kappa shape index (κ1) is 34.8. The number of aromatic nitrogens is 3. The number of ether oxygens (including phenoxy) is 2. The molecule has 0 aliphatic rings.